The lowest BCUT2D eigenvalue weighted by Crippen LogP contribution is -2.49. The molecule has 7 heteroatoms. The van der Waals surface area contributed by atoms with Crippen molar-refractivity contribution in [3.05, 3.63) is 39.7 Å². The van der Waals surface area contributed by atoms with Crippen molar-refractivity contribution in [3.8, 4) is 5.75 Å². The van der Waals surface area contributed by atoms with Gasteiger partial charge in [-0.25, -0.2) is 4.79 Å². The molecule has 2 N–H and O–H groups in total. The van der Waals surface area contributed by atoms with Gasteiger partial charge in [0.15, 0.2) is 0 Å². The summed E-state index contributed by atoms with van der Waals surface area (Å²) < 4.78 is 5.27. The summed E-state index contributed by atoms with van der Waals surface area (Å²) in [6.07, 6.45) is 0.00494. The van der Waals surface area contributed by atoms with Gasteiger partial charge in [-0.1, -0.05) is 0 Å². The van der Waals surface area contributed by atoms with Crippen LogP contribution in [0, 0.1) is 6.92 Å². The highest BCUT2D eigenvalue weighted by Gasteiger charge is 2.23. The number of hydrogen-bond donors (Lipinski definition) is 2. The summed E-state index contributed by atoms with van der Waals surface area (Å²) in [6.45, 7) is 5.13. The van der Waals surface area contributed by atoms with Gasteiger partial charge in [-0.3, -0.25) is 9.69 Å². The molecule has 1 aromatic carbocycles. The van der Waals surface area contributed by atoms with Crippen molar-refractivity contribution in [2.45, 2.75) is 13.3 Å². The minimum Gasteiger partial charge on any atom is -0.508 e. The molecule has 0 radical (unpaired) electrons. The number of aromatic hydroxyl groups is 1. The quantitative estimate of drug-likeness (QED) is 0.783. The highest BCUT2D eigenvalue weighted by molar-refractivity contribution is 5.85. The molecular formula is C18H22N2O5. The van der Waals surface area contributed by atoms with Gasteiger partial charge in [-0.15, -0.1) is 0 Å². The number of amides is 1. The van der Waals surface area contributed by atoms with Gasteiger partial charge in [0.1, 0.15) is 11.3 Å². The van der Waals surface area contributed by atoms with Crippen LogP contribution in [-0.4, -0.2) is 65.3 Å². The Bertz CT molecular complexity index is 837. The molecule has 1 saturated heterocycles. The molecule has 7 nitrogen and oxygen atoms in total. The topological polar surface area (TPSA) is 94.2 Å². The van der Waals surface area contributed by atoms with Crippen LogP contribution in [0.15, 0.2) is 27.4 Å². The Labute approximate surface area is 145 Å². The van der Waals surface area contributed by atoms with E-state index in [1.807, 2.05) is 0 Å². The molecule has 1 fully saturated rings. The van der Waals surface area contributed by atoms with Gasteiger partial charge in [-0.2, -0.15) is 0 Å². The number of piperazine rings is 1. The lowest BCUT2D eigenvalue weighted by atomic mass is 10.0. The van der Waals surface area contributed by atoms with Crippen molar-refractivity contribution in [2.75, 3.05) is 39.3 Å². The lowest BCUT2D eigenvalue weighted by molar-refractivity contribution is -0.132. The zero-order valence-electron chi connectivity index (χ0n) is 14.2. The summed E-state index contributed by atoms with van der Waals surface area (Å²) in [7, 11) is 0. The molecule has 0 atom stereocenters. The largest absolute Gasteiger partial charge is 0.508 e. The minimum atomic E-state index is -0.539. The summed E-state index contributed by atoms with van der Waals surface area (Å²) >= 11 is 0. The van der Waals surface area contributed by atoms with E-state index in [2.05, 4.69) is 4.90 Å². The highest BCUT2D eigenvalue weighted by Crippen LogP contribution is 2.23. The number of benzene rings is 1. The smallest absolute Gasteiger partial charge is 0.340 e. The van der Waals surface area contributed by atoms with Crippen molar-refractivity contribution >= 4 is 16.9 Å². The standard InChI is InChI=1S/C18H22N2O5/c1-12-14-3-2-13(22)10-16(14)25-18(24)15(12)11-17(23)20-6-4-19(5-7-20)8-9-21/h2-3,10,21-22H,4-9,11H2,1H3. The SMILES string of the molecule is Cc1c(CC(=O)N2CCN(CCO)CC2)c(=O)oc2cc(O)ccc12. The number of nitrogens with zero attached hydrogens (tertiary/aromatic N) is 2. The zero-order valence-corrected chi connectivity index (χ0v) is 14.2. The molecule has 1 aliphatic heterocycles. The molecule has 1 aliphatic rings. The summed E-state index contributed by atoms with van der Waals surface area (Å²) in [5.41, 5.74) is 0.846. The number of aliphatic hydroxyl groups excluding tert-OH is 1. The van der Waals surface area contributed by atoms with Gasteiger partial charge in [0.2, 0.25) is 5.91 Å². The molecule has 0 spiro atoms. The van der Waals surface area contributed by atoms with Crippen LogP contribution in [0.2, 0.25) is 0 Å². The maximum atomic E-state index is 12.6. The van der Waals surface area contributed by atoms with E-state index in [4.69, 9.17) is 9.52 Å². The Morgan fingerprint density at radius 1 is 1.24 bits per heavy atom. The molecule has 0 aliphatic carbocycles. The molecule has 25 heavy (non-hydrogen) atoms. The Balaban J connectivity index is 1.78. The lowest BCUT2D eigenvalue weighted by Gasteiger charge is -2.34. The van der Waals surface area contributed by atoms with Gasteiger partial charge >= 0.3 is 5.63 Å². The Morgan fingerprint density at radius 2 is 1.96 bits per heavy atom. The van der Waals surface area contributed by atoms with Crippen molar-refractivity contribution in [3.63, 3.8) is 0 Å². The maximum Gasteiger partial charge on any atom is 0.340 e. The van der Waals surface area contributed by atoms with E-state index in [9.17, 15) is 14.7 Å². The number of β-amino-alcohol motifs (C(OH)–C–C–N with tert-alkyl or cyclic N) is 1. The summed E-state index contributed by atoms with van der Waals surface area (Å²) in [4.78, 5) is 28.7. The number of carbonyl (C=O) groups excluding carboxylic acids is 1. The monoisotopic (exact) mass is 346 g/mol. The summed E-state index contributed by atoms with van der Waals surface area (Å²) in [6, 6.07) is 4.61. The van der Waals surface area contributed by atoms with Crippen LogP contribution >= 0.6 is 0 Å². The van der Waals surface area contributed by atoms with Crippen molar-refractivity contribution in [2.24, 2.45) is 0 Å². The van der Waals surface area contributed by atoms with E-state index < -0.39 is 5.63 Å². The van der Waals surface area contributed by atoms with E-state index in [0.29, 0.717) is 41.7 Å². The number of phenols is 1. The van der Waals surface area contributed by atoms with Crippen LogP contribution in [0.25, 0.3) is 11.0 Å². The van der Waals surface area contributed by atoms with Gasteiger partial charge in [0.25, 0.3) is 0 Å². The first-order valence-electron chi connectivity index (χ1n) is 8.36. The number of rotatable bonds is 4. The number of hydrogen-bond acceptors (Lipinski definition) is 6. The molecule has 1 aromatic heterocycles. The molecule has 2 heterocycles. The fourth-order valence-corrected chi connectivity index (χ4v) is 3.21. The summed E-state index contributed by atoms with van der Waals surface area (Å²) in [5.74, 6) is -0.0724. The third-order valence-corrected chi connectivity index (χ3v) is 4.74. The first-order valence-corrected chi connectivity index (χ1v) is 8.36. The molecule has 0 bridgehead atoms. The number of aliphatic hydroxyl groups is 1. The first-order chi connectivity index (χ1) is 12.0. The first kappa shape index (κ1) is 17.4. The minimum absolute atomic E-state index is 0.00494. The predicted molar refractivity (Wildman–Crippen MR) is 92.7 cm³/mol. The molecular weight excluding hydrogens is 324 g/mol. The molecule has 0 unspecified atom stereocenters. The molecule has 3 rings (SSSR count). The Morgan fingerprint density at radius 3 is 2.64 bits per heavy atom. The zero-order chi connectivity index (χ0) is 18.0. The fourth-order valence-electron chi connectivity index (χ4n) is 3.21. The second-order valence-electron chi connectivity index (χ2n) is 6.30. The number of aryl methyl sites for hydroxylation is 1. The van der Waals surface area contributed by atoms with Crippen LogP contribution in [-0.2, 0) is 11.2 Å². The number of carbonyl (C=O) groups is 1. The maximum absolute atomic E-state index is 12.6. The molecule has 134 valence electrons. The van der Waals surface area contributed by atoms with Crippen molar-refractivity contribution in [1.82, 2.24) is 9.80 Å². The Hall–Kier alpha value is -2.38. The average molecular weight is 346 g/mol. The van der Waals surface area contributed by atoms with E-state index in [1.165, 1.54) is 12.1 Å². The van der Waals surface area contributed by atoms with E-state index in [-0.39, 0.29) is 24.7 Å². The fraction of sp³-hybridized carbons (Fsp3) is 0.444. The van der Waals surface area contributed by atoms with Crippen LogP contribution < -0.4 is 5.63 Å². The molecule has 0 saturated carbocycles. The molecule has 1 amide bonds. The van der Waals surface area contributed by atoms with Crippen molar-refractivity contribution in [1.29, 1.82) is 0 Å². The van der Waals surface area contributed by atoms with Gasteiger partial charge < -0.3 is 19.5 Å². The third-order valence-electron chi connectivity index (χ3n) is 4.74. The molecule has 2 aromatic rings. The highest BCUT2D eigenvalue weighted by atomic mass is 16.4. The van der Waals surface area contributed by atoms with E-state index in [0.717, 1.165) is 13.1 Å². The van der Waals surface area contributed by atoms with Crippen LogP contribution in [0.3, 0.4) is 0 Å². The summed E-state index contributed by atoms with van der Waals surface area (Å²) in [5, 5.41) is 19.2. The number of fused-ring (bicyclic) bond motifs is 1. The van der Waals surface area contributed by atoms with Gasteiger partial charge in [-0.05, 0) is 24.6 Å². The van der Waals surface area contributed by atoms with Crippen LogP contribution in [0.1, 0.15) is 11.1 Å². The second kappa shape index (κ2) is 7.25. The van der Waals surface area contributed by atoms with Crippen LogP contribution in [0.4, 0.5) is 0 Å². The van der Waals surface area contributed by atoms with Gasteiger partial charge in [0.05, 0.1) is 18.6 Å². The van der Waals surface area contributed by atoms with Gasteiger partial charge in [0, 0.05) is 44.2 Å². The van der Waals surface area contributed by atoms with E-state index >= 15 is 0 Å². The Kier molecular flexibility index (Phi) is 5.06. The second-order valence-corrected chi connectivity index (χ2v) is 6.30. The average Bonchev–Trinajstić information content (AvgIpc) is 2.59. The van der Waals surface area contributed by atoms with Crippen molar-refractivity contribution < 1.29 is 19.4 Å². The van der Waals surface area contributed by atoms with Crippen LogP contribution in [0.5, 0.6) is 5.75 Å². The van der Waals surface area contributed by atoms with E-state index in [1.54, 1.807) is 17.9 Å². The third kappa shape index (κ3) is 3.67. The predicted octanol–water partition coefficient (Wildman–Crippen LogP) is 0.486. The number of phenolic OH excluding ortho intramolecular Hbond substituents is 1. The normalized spacial score (nSPS) is 15.7.